The zero-order valence-corrected chi connectivity index (χ0v) is 25.4. The molecule has 230 valence electrons. The number of fused-ring (bicyclic) bond motifs is 7. The lowest BCUT2D eigenvalue weighted by Crippen LogP contribution is -2.56. The molecule has 0 amide bonds. The van der Waals surface area contributed by atoms with E-state index < -0.39 is 40.3 Å². The summed E-state index contributed by atoms with van der Waals surface area (Å²) in [5, 5.41) is 16.8. The van der Waals surface area contributed by atoms with Gasteiger partial charge in [-0.3, -0.25) is 19.3 Å². The third-order valence-electron chi connectivity index (χ3n) is 9.85. The summed E-state index contributed by atoms with van der Waals surface area (Å²) < 4.78 is 49.1. The van der Waals surface area contributed by atoms with Crippen LogP contribution in [0.3, 0.4) is 0 Å². The van der Waals surface area contributed by atoms with E-state index >= 15 is 13.2 Å². The lowest BCUT2D eigenvalue weighted by Gasteiger charge is -2.46. The molecule has 2 N–H and O–H groups in total. The van der Waals surface area contributed by atoms with Gasteiger partial charge in [-0.05, 0) is 59.4 Å². The summed E-state index contributed by atoms with van der Waals surface area (Å²) in [5.74, 6) is -4.12. The van der Waals surface area contributed by atoms with E-state index in [2.05, 4.69) is 28.5 Å². The van der Waals surface area contributed by atoms with Crippen LogP contribution in [0.2, 0.25) is 0 Å². The molecule has 5 heterocycles. The molecule has 0 radical (unpaired) electrons. The van der Waals surface area contributed by atoms with E-state index in [-0.39, 0.29) is 30.3 Å². The van der Waals surface area contributed by atoms with Crippen LogP contribution in [0.1, 0.15) is 101 Å². The molecule has 5 aliphatic rings. The van der Waals surface area contributed by atoms with Crippen LogP contribution in [0.15, 0.2) is 34.1 Å². The van der Waals surface area contributed by atoms with Gasteiger partial charge < -0.3 is 10.6 Å². The first-order valence-corrected chi connectivity index (χ1v) is 15.6. The van der Waals surface area contributed by atoms with Crippen LogP contribution in [0.25, 0.3) is 0 Å². The fourth-order valence-electron chi connectivity index (χ4n) is 6.86. The number of nitrogens with zero attached hydrogens (tertiary/aromatic N) is 4. The van der Waals surface area contributed by atoms with E-state index in [0.717, 1.165) is 32.1 Å². The SMILES string of the molecule is CC1CCCCCCn2c3c(cc(C4(C#N)CC4)c2=O)C(=N[C@H](C)c2cccc(c2F)C(F)(F)C2CN1C2)NC(C)(C)N3. The molecule has 7 nitrogen and oxygen atoms in total. The molecule has 1 aromatic carbocycles. The molecule has 43 heavy (non-hydrogen) atoms. The number of pyridine rings is 1. The van der Waals surface area contributed by atoms with Crippen molar-refractivity contribution in [2.75, 3.05) is 18.4 Å². The average Bonchev–Trinajstić information content (AvgIpc) is 3.70. The van der Waals surface area contributed by atoms with Crippen molar-refractivity contribution in [1.82, 2.24) is 14.8 Å². The smallest absolute Gasteiger partial charge is 0.281 e. The largest absolute Gasteiger partial charge is 0.349 e. The van der Waals surface area contributed by atoms with Gasteiger partial charge in [0.05, 0.1) is 34.6 Å². The number of rotatable bonds is 1. The van der Waals surface area contributed by atoms with Gasteiger partial charge >= 0.3 is 0 Å². The molecule has 1 aliphatic carbocycles. The number of halogens is 3. The second kappa shape index (κ2) is 10.7. The molecule has 1 aromatic heterocycles. The number of anilines is 1. The monoisotopic (exact) mass is 594 g/mol. The molecule has 0 spiro atoms. The van der Waals surface area contributed by atoms with Gasteiger partial charge in [0.2, 0.25) is 0 Å². The van der Waals surface area contributed by atoms with Gasteiger partial charge in [0.25, 0.3) is 11.5 Å². The van der Waals surface area contributed by atoms with Crippen molar-refractivity contribution in [1.29, 1.82) is 5.26 Å². The third-order valence-corrected chi connectivity index (χ3v) is 9.85. The summed E-state index contributed by atoms with van der Waals surface area (Å²) >= 11 is 0. The number of amidine groups is 1. The summed E-state index contributed by atoms with van der Waals surface area (Å²) in [6.45, 7) is 8.58. The summed E-state index contributed by atoms with van der Waals surface area (Å²) in [4.78, 5) is 20.8. The molecule has 7 rings (SSSR count). The maximum Gasteiger partial charge on any atom is 0.281 e. The molecule has 1 saturated heterocycles. The maximum atomic E-state index is 15.9. The Morgan fingerprint density at radius 1 is 1.05 bits per heavy atom. The molecular weight excluding hydrogens is 553 g/mol. The zero-order chi connectivity index (χ0) is 30.7. The first kappa shape index (κ1) is 29.7. The minimum absolute atomic E-state index is 0.0903. The molecule has 2 aromatic rings. The molecule has 10 heteroatoms. The Bertz CT molecular complexity index is 1550. The van der Waals surface area contributed by atoms with Crippen molar-refractivity contribution >= 4 is 11.7 Å². The van der Waals surface area contributed by atoms with Crippen LogP contribution in [-0.4, -0.2) is 40.1 Å². The first-order chi connectivity index (χ1) is 20.4. The van der Waals surface area contributed by atoms with Crippen molar-refractivity contribution in [3.63, 3.8) is 0 Å². The average molecular weight is 595 g/mol. The fourth-order valence-corrected chi connectivity index (χ4v) is 6.86. The minimum Gasteiger partial charge on any atom is -0.349 e. The third kappa shape index (κ3) is 5.24. The van der Waals surface area contributed by atoms with Gasteiger partial charge in [-0.2, -0.15) is 5.26 Å². The highest BCUT2D eigenvalue weighted by Gasteiger charge is 2.51. The molecule has 1 saturated carbocycles. The second-order valence-corrected chi connectivity index (χ2v) is 13.5. The number of aliphatic imine (C=N–C) groups is 1. The molecule has 4 aliphatic heterocycles. The topological polar surface area (TPSA) is 85.5 Å². The summed E-state index contributed by atoms with van der Waals surface area (Å²) in [6, 6.07) is 7.69. The normalized spacial score (nSPS) is 29.0. The number of hydrogen-bond acceptors (Lipinski definition) is 6. The van der Waals surface area contributed by atoms with E-state index in [4.69, 9.17) is 4.99 Å². The Morgan fingerprint density at radius 2 is 1.77 bits per heavy atom. The zero-order valence-electron chi connectivity index (χ0n) is 25.4. The van der Waals surface area contributed by atoms with E-state index in [0.29, 0.717) is 42.2 Å². The van der Waals surface area contributed by atoms with Crippen molar-refractivity contribution in [2.24, 2.45) is 10.9 Å². The van der Waals surface area contributed by atoms with Crippen LogP contribution in [0.4, 0.5) is 19.0 Å². The molecule has 2 atom stereocenters. The number of benzene rings is 1. The van der Waals surface area contributed by atoms with Crippen LogP contribution >= 0.6 is 0 Å². The molecule has 1 unspecified atom stereocenters. The second-order valence-electron chi connectivity index (χ2n) is 13.5. The first-order valence-electron chi connectivity index (χ1n) is 15.6. The van der Waals surface area contributed by atoms with Gasteiger partial charge in [0.15, 0.2) is 0 Å². The van der Waals surface area contributed by atoms with E-state index in [9.17, 15) is 10.1 Å². The Hall–Kier alpha value is -3.32. The minimum atomic E-state index is -3.30. The Labute approximate surface area is 251 Å². The van der Waals surface area contributed by atoms with Gasteiger partial charge in [-0.25, -0.2) is 13.2 Å². The quantitative estimate of drug-likeness (QED) is 0.412. The lowest BCUT2D eigenvalue weighted by molar-refractivity contribution is -0.134. The van der Waals surface area contributed by atoms with Gasteiger partial charge in [0, 0.05) is 36.8 Å². The number of nitriles is 1. The fraction of sp³-hybridized carbons (Fsp3) is 0.606. The number of hydrogen-bond donors (Lipinski definition) is 2. The van der Waals surface area contributed by atoms with Gasteiger partial charge in [0.1, 0.15) is 23.1 Å². The number of alkyl halides is 2. The Morgan fingerprint density at radius 3 is 2.47 bits per heavy atom. The predicted molar refractivity (Wildman–Crippen MR) is 161 cm³/mol. The van der Waals surface area contributed by atoms with Gasteiger partial charge in [-0.15, -0.1) is 0 Å². The lowest BCUT2D eigenvalue weighted by atomic mass is 9.85. The van der Waals surface area contributed by atoms with Crippen LogP contribution in [0, 0.1) is 23.1 Å². The Kier molecular flexibility index (Phi) is 7.39. The standard InChI is InChI=1S/C33H41F3N6O/c1-20-10-7-5-6-8-15-42-29-24(16-26(30(42)43)32(19-37)13-14-32)28(39-31(3,4)40-29)38-21(2)23-11-9-12-25(27(23)34)33(35,36)22-17-41(20)18-22/h9,11-12,16,20-22,40H,5-8,10,13-15,17-18H2,1-4H3,(H,38,39)/t20?,21-/m1/s1. The van der Waals surface area contributed by atoms with E-state index in [1.807, 2.05) is 13.8 Å². The van der Waals surface area contributed by atoms with Crippen molar-refractivity contribution in [2.45, 2.75) is 108 Å². The van der Waals surface area contributed by atoms with Crippen molar-refractivity contribution < 1.29 is 13.2 Å². The highest BCUT2D eigenvalue weighted by molar-refractivity contribution is 6.05. The predicted octanol–water partition coefficient (Wildman–Crippen LogP) is 6.18. The summed E-state index contributed by atoms with van der Waals surface area (Å²) in [5.41, 5.74) is -1.10. The highest BCUT2D eigenvalue weighted by atomic mass is 19.3. The maximum absolute atomic E-state index is 15.9. The van der Waals surface area contributed by atoms with Crippen molar-refractivity contribution in [3.8, 4) is 6.07 Å². The van der Waals surface area contributed by atoms with Gasteiger partial charge in [-0.1, -0.05) is 37.5 Å². The molecule has 2 fully saturated rings. The highest BCUT2D eigenvalue weighted by Crippen LogP contribution is 2.47. The van der Waals surface area contributed by atoms with Crippen molar-refractivity contribution in [3.05, 3.63) is 62.7 Å². The number of nitrogens with one attached hydrogen (secondary N) is 2. The van der Waals surface area contributed by atoms with Crippen LogP contribution in [0.5, 0.6) is 0 Å². The van der Waals surface area contributed by atoms with Crippen LogP contribution in [-0.2, 0) is 17.9 Å². The van der Waals surface area contributed by atoms with Crippen LogP contribution < -0.4 is 16.2 Å². The molecular formula is C33H41F3N6O. The van der Waals surface area contributed by atoms with E-state index in [1.165, 1.54) is 18.2 Å². The molecule has 8 bridgehead atoms. The Balaban J connectivity index is 1.48. The van der Waals surface area contributed by atoms with E-state index in [1.54, 1.807) is 17.6 Å². The summed E-state index contributed by atoms with van der Waals surface area (Å²) in [7, 11) is 0. The summed E-state index contributed by atoms with van der Waals surface area (Å²) in [6.07, 6.45) is 5.79. The number of aromatic nitrogens is 1.